The Balaban J connectivity index is 2.22. The Labute approximate surface area is 110 Å². The second kappa shape index (κ2) is 4.31. The van der Waals surface area contributed by atoms with E-state index < -0.39 is 0 Å². The molecule has 0 aliphatic heterocycles. The number of halogens is 1. The van der Waals surface area contributed by atoms with Gasteiger partial charge in [-0.15, -0.1) is 0 Å². The minimum atomic E-state index is 0.661. The number of nitrogen functional groups attached to an aromatic ring is 1. The average molecular weight is 255 g/mol. The summed E-state index contributed by atoms with van der Waals surface area (Å²) in [7, 11) is 0. The van der Waals surface area contributed by atoms with Crippen molar-refractivity contribution in [3.05, 3.63) is 59.8 Å². The van der Waals surface area contributed by atoms with E-state index in [4.69, 9.17) is 17.3 Å². The van der Waals surface area contributed by atoms with E-state index in [0.29, 0.717) is 10.7 Å². The highest BCUT2D eigenvalue weighted by atomic mass is 35.5. The summed E-state index contributed by atoms with van der Waals surface area (Å²) in [5.74, 6) is 0. The Kier molecular flexibility index (Phi) is 2.65. The molecule has 18 heavy (non-hydrogen) atoms. The first-order valence-electron chi connectivity index (χ1n) is 5.64. The van der Waals surface area contributed by atoms with E-state index in [1.54, 1.807) is 12.1 Å². The van der Waals surface area contributed by atoms with Crippen LogP contribution in [0.4, 0.5) is 5.69 Å². The summed E-state index contributed by atoms with van der Waals surface area (Å²) in [6.07, 6.45) is 1.85. The van der Waals surface area contributed by atoms with E-state index in [1.807, 2.05) is 36.5 Å². The molecule has 0 spiro atoms. The van der Waals surface area contributed by atoms with Gasteiger partial charge in [0.2, 0.25) is 0 Å². The first-order chi connectivity index (χ1) is 8.74. The molecule has 1 heterocycles. The summed E-state index contributed by atoms with van der Waals surface area (Å²) < 4.78 is 0. The number of pyridine rings is 1. The van der Waals surface area contributed by atoms with Crippen molar-refractivity contribution in [1.82, 2.24) is 4.98 Å². The minimum absolute atomic E-state index is 0.661. The van der Waals surface area contributed by atoms with Crippen molar-refractivity contribution >= 4 is 28.1 Å². The van der Waals surface area contributed by atoms with Crippen LogP contribution in [0, 0.1) is 0 Å². The van der Waals surface area contributed by atoms with Crippen LogP contribution in [0.15, 0.2) is 54.7 Å². The summed E-state index contributed by atoms with van der Waals surface area (Å²) in [4.78, 5) is 4.44. The van der Waals surface area contributed by atoms with Crippen molar-refractivity contribution in [2.45, 2.75) is 0 Å². The van der Waals surface area contributed by atoms with Gasteiger partial charge in [0, 0.05) is 27.9 Å². The summed E-state index contributed by atoms with van der Waals surface area (Å²) in [6.45, 7) is 0. The molecule has 2 aromatic carbocycles. The second-order valence-electron chi connectivity index (χ2n) is 4.15. The van der Waals surface area contributed by atoms with Crippen molar-refractivity contribution in [2.24, 2.45) is 0 Å². The molecule has 3 heteroatoms. The Morgan fingerprint density at radius 2 is 1.72 bits per heavy atom. The van der Waals surface area contributed by atoms with Crippen molar-refractivity contribution in [2.75, 3.05) is 5.73 Å². The molecule has 0 fully saturated rings. The Morgan fingerprint density at radius 1 is 0.944 bits per heavy atom. The lowest BCUT2D eigenvalue weighted by molar-refractivity contribution is 1.36. The summed E-state index contributed by atoms with van der Waals surface area (Å²) in [5, 5.41) is 2.91. The maximum Gasteiger partial charge on any atom is 0.0729 e. The smallest absolute Gasteiger partial charge is 0.0729 e. The van der Waals surface area contributed by atoms with Crippen LogP contribution in [0.25, 0.3) is 22.0 Å². The highest BCUT2D eigenvalue weighted by Gasteiger charge is 2.05. The highest BCUT2D eigenvalue weighted by molar-refractivity contribution is 6.31. The fourth-order valence-corrected chi connectivity index (χ4v) is 2.15. The molecule has 1 aromatic heterocycles. The first kappa shape index (κ1) is 11.1. The van der Waals surface area contributed by atoms with Gasteiger partial charge in [-0.1, -0.05) is 35.9 Å². The quantitative estimate of drug-likeness (QED) is 0.663. The molecule has 0 bridgehead atoms. The molecule has 0 atom stereocenters. The lowest BCUT2D eigenvalue weighted by atomic mass is 10.1. The zero-order valence-corrected chi connectivity index (χ0v) is 10.4. The van der Waals surface area contributed by atoms with Gasteiger partial charge in [0.05, 0.1) is 5.69 Å². The van der Waals surface area contributed by atoms with Crippen LogP contribution in [-0.2, 0) is 0 Å². The normalized spacial score (nSPS) is 10.7. The first-order valence-corrected chi connectivity index (χ1v) is 6.02. The number of hydrogen-bond acceptors (Lipinski definition) is 2. The monoisotopic (exact) mass is 254 g/mol. The molecule has 3 rings (SSSR count). The van der Waals surface area contributed by atoms with Gasteiger partial charge in [-0.05, 0) is 29.7 Å². The standard InChI is InChI=1S/C15H11ClN2/c16-12-5-6-14(17)13(8-12)15-7-10-3-1-2-4-11(10)9-18-15/h1-9H,17H2. The third-order valence-electron chi connectivity index (χ3n) is 2.92. The number of nitrogens with two attached hydrogens (primary N) is 1. The molecule has 3 aromatic rings. The number of hydrogen-bond donors (Lipinski definition) is 1. The highest BCUT2D eigenvalue weighted by Crippen LogP contribution is 2.29. The number of fused-ring (bicyclic) bond motifs is 1. The fraction of sp³-hybridized carbons (Fsp3) is 0. The van der Waals surface area contributed by atoms with Crippen molar-refractivity contribution in [3.8, 4) is 11.3 Å². The molecule has 2 nitrogen and oxygen atoms in total. The third-order valence-corrected chi connectivity index (χ3v) is 3.16. The number of nitrogens with zero attached hydrogens (tertiary/aromatic N) is 1. The number of anilines is 1. The molecule has 0 unspecified atom stereocenters. The Hall–Kier alpha value is -2.06. The molecule has 0 radical (unpaired) electrons. The number of benzene rings is 2. The summed E-state index contributed by atoms with van der Waals surface area (Å²) >= 11 is 6.00. The third kappa shape index (κ3) is 1.91. The van der Waals surface area contributed by atoms with E-state index in [9.17, 15) is 0 Å². The number of aromatic nitrogens is 1. The maximum atomic E-state index is 6.00. The molecular formula is C15H11ClN2. The molecule has 0 aliphatic rings. The van der Waals surface area contributed by atoms with Gasteiger partial charge in [0.15, 0.2) is 0 Å². The van der Waals surface area contributed by atoms with Gasteiger partial charge < -0.3 is 5.73 Å². The van der Waals surface area contributed by atoms with Crippen LogP contribution in [0.3, 0.4) is 0 Å². The Bertz CT molecular complexity index is 723. The van der Waals surface area contributed by atoms with Crippen LogP contribution in [0.2, 0.25) is 5.02 Å². The van der Waals surface area contributed by atoms with E-state index >= 15 is 0 Å². The molecule has 2 N–H and O–H groups in total. The zero-order chi connectivity index (χ0) is 12.5. The average Bonchev–Trinajstić information content (AvgIpc) is 2.41. The molecule has 0 saturated heterocycles. The summed E-state index contributed by atoms with van der Waals surface area (Å²) in [6, 6.07) is 15.5. The maximum absolute atomic E-state index is 6.00. The molecular weight excluding hydrogens is 244 g/mol. The van der Waals surface area contributed by atoms with Gasteiger partial charge in [0.1, 0.15) is 0 Å². The Morgan fingerprint density at radius 3 is 2.56 bits per heavy atom. The fourth-order valence-electron chi connectivity index (χ4n) is 1.98. The lowest BCUT2D eigenvalue weighted by Gasteiger charge is -2.06. The van der Waals surface area contributed by atoms with Crippen LogP contribution < -0.4 is 5.73 Å². The topological polar surface area (TPSA) is 38.9 Å². The van der Waals surface area contributed by atoms with Crippen LogP contribution in [0.1, 0.15) is 0 Å². The molecule has 0 amide bonds. The molecule has 88 valence electrons. The minimum Gasteiger partial charge on any atom is -0.398 e. The van der Waals surface area contributed by atoms with Crippen molar-refractivity contribution < 1.29 is 0 Å². The SMILES string of the molecule is Nc1ccc(Cl)cc1-c1cc2ccccc2cn1. The largest absolute Gasteiger partial charge is 0.398 e. The molecule has 0 saturated carbocycles. The van der Waals surface area contributed by atoms with E-state index in [0.717, 1.165) is 22.0 Å². The summed E-state index contributed by atoms with van der Waals surface area (Å²) in [5.41, 5.74) is 8.36. The lowest BCUT2D eigenvalue weighted by Crippen LogP contribution is -1.92. The number of rotatable bonds is 1. The van der Waals surface area contributed by atoms with Crippen molar-refractivity contribution in [3.63, 3.8) is 0 Å². The van der Waals surface area contributed by atoms with E-state index in [-0.39, 0.29) is 0 Å². The van der Waals surface area contributed by atoms with Gasteiger partial charge in [0.25, 0.3) is 0 Å². The predicted molar refractivity (Wildman–Crippen MR) is 76.6 cm³/mol. The zero-order valence-electron chi connectivity index (χ0n) is 9.60. The van der Waals surface area contributed by atoms with Crippen LogP contribution in [0.5, 0.6) is 0 Å². The van der Waals surface area contributed by atoms with Crippen molar-refractivity contribution in [1.29, 1.82) is 0 Å². The predicted octanol–water partition coefficient (Wildman–Crippen LogP) is 4.14. The van der Waals surface area contributed by atoms with E-state index in [2.05, 4.69) is 11.1 Å². The van der Waals surface area contributed by atoms with E-state index in [1.165, 1.54) is 0 Å². The van der Waals surface area contributed by atoms with Gasteiger partial charge in [-0.3, -0.25) is 4.98 Å². The van der Waals surface area contributed by atoms with Crippen LogP contribution >= 0.6 is 11.6 Å². The van der Waals surface area contributed by atoms with Gasteiger partial charge in [-0.2, -0.15) is 0 Å². The van der Waals surface area contributed by atoms with Crippen LogP contribution in [-0.4, -0.2) is 4.98 Å². The second-order valence-corrected chi connectivity index (χ2v) is 4.58. The van der Waals surface area contributed by atoms with Gasteiger partial charge >= 0.3 is 0 Å². The van der Waals surface area contributed by atoms with Gasteiger partial charge in [-0.25, -0.2) is 0 Å². The molecule has 0 aliphatic carbocycles.